The van der Waals surface area contributed by atoms with Gasteiger partial charge in [0.25, 0.3) is 0 Å². The number of aromatic hydroxyl groups is 1. The lowest BCUT2D eigenvalue weighted by Crippen LogP contribution is -2.15. The maximum Gasteiger partial charge on any atom is 0.234 e. The van der Waals surface area contributed by atoms with Gasteiger partial charge < -0.3 is 21.1 Å². The van der Waals surface area contributed by atoms with Gasteiger partial charge in [0.1, 0.15) is 5.75 Å². The van der Waals surface area contributed by atoms with Gasteiger partial charge in [0.2, 0.25) is 11.8 Å². The van der Waals surface area contributed by atoms with Crippen LogP contribution in [0.4, 0.5) is 22.7 Å². The summed E-state index contributed by atoms with van der Waals surface area (Å²) in [6, 6.07) is 29.2. The van der Waals surface area contributed by atoms with Crippen LogP contribution in [-0.2, 0) is 27.2 Å². The molecule has 0 aromatic heterocycles. The van der Waals surface area contributed by atoms with Crippen LogP contribution in [0.15, 0.2) is 91.0 Å². The molecular formula is C35H39N3O3S. The topological polar surface area (TPSA) is 90.5 Å². The van der Waals surface area contributed by atoms with E-state index in [9.17, 15) is 14.7 Å². The predicted molar refractivity (Wildman–Crippen MR) is 176 cm³/mol. The largest absolute Gasteiger partial charge is 0.507 e. The highest BCUT2D eigenvalue weighted by molar-refractivity contribution is 7.99. The second-order valence-corrected chi connectivity index (χ2v) is 12.4. The number of benzene rings is 4. The first-order valence-corrected chi connectivity index (χ1v) is 15.2. The minimum Gasteiger partial charge on any atom is -0.507 e. The summed E-state index contributed by atoms with van der Waals surface area (Å²) in [6.07, 6.45) is 0.846. The summed E-state index contributed by atoms with van der Waals surface area (Å²) < 4.78 is 0. The first-order valence-electron chi connectivity index (χ1n) is 14.1. The molecule has 6 nitrogen and oxygen atoms in total. The van der Waals surface area contributed by atoms with Gasteiger partial charge in [-0.3, -0.25) is 9.59 Å². The number of anilines is 4. The lowest BCUT2D eigenvalue weighted by molar-refractivity contribution is -0.116. The molecule has 0 aliphatic heterocycles. The molecule has 42 heavy (non-hydrogen) atoms. The van der Waals surface area contributed by atoms with E-state index in [0.717, 1.165) is 45.0 Å². The third-order valence-corrected chi connectivity index (χ3v) is 7.74. The Morgan fingerprint density at radius 3 is 1.98 bits per heavy atom. The average Bonchev–Trinajstić information content (AvgIpc) is 2.95. The van der Waals surface area contributed by atoms with E-state index in [1.807, 2.05) is 97.9 Å². The fourth-order valence-electron chi connectivity index (χ4n) is 4.48. The lowest BCUT2D eigenvalue weighted by Gasteiger charge is -2.23. The smallest absolute Gasteiger partial charge is 0.234 e. The number of phenols is 1. The zero-order valence-corrected chi connectivity index (χ0v) is 25.5. The van der Waals surface area contributed by atoms with E-state index in [1.165, 1.54) is 11.8 Å². The second-order valence-electron chi connectivity index (χ2n) is 11.4. The summed E-state index contributed by atoms with van der Waals surface area (Å²) in [6.45, 7) is 8.17. The Labute approximate surface area is 253 Å². The van der Waals surface area contributed by atoms with Crippen molar-refractivity contribution in [3.63, 3.8) is 0 Å². The molecule has 7 heteroatoms. The second kappa shape index (κ2) is 14.1. The number of carbonyl (C=O) groups is 2. The fraction of sp³-hybridized carbons (Fsp3) is 0.257. The van der Waals surface area contributed by atoms with Gasteiger partial charge in [-0.15, -0.1) is 11.8 Å². The minimum atomic E-state index is -0.278. The molecule has 4 aromatic rings. The summed E-state index contributed by atoms with van der Waals surface area (Å²) in [5.74, 6) is 0.847. The Morgan fingerprint density at radius 1 is 0.762 bits per heavy atom. The number of rotatable bonds is 11. The van der Waals surface area contributed by atoms with Gasteiger partial charge in [-0.05, 0) is 78.4 Å². The first kappa shape index (κ1) is 30.7. The summed E-state index contributed by atoms with van der Waals surface area (Å²) in [4.78, 5) is 25.2. The van der Waals surface area contributed by atoms with Crippen molar-refractivity contribution in [1.29, 1.82) is 0 Å². The normalized spacial score (nSPS) is 11.1. The highest BCUT2D eigenvalue weighted by Gasteiger charge is 2.22. The van der Waals surface area contributed by atoms with Gasteiger partial charge in [-0.25, -0.2) is 0 Å². The van der Waals surface area contributed by atoms with Gasteiger partial charge in [0.15, 0.2) is 0 Å². The summed E-state index contributed by atoms with van der Waals surface area (Å²) in [5.41, 5.74) is 6.89. The van der Waals surface area contributed by atoms with E-state index in [2.05, 4.69) is 36.7 Å². The SMILES string of the molecule is Cc1ccc(NC(=O)CSCc2cc(CCC(=O)Nc3ccc(Nc4ccccc4)cc3)cc(C(C)(C)C)c2O)cc1. The number of para-hydroxylation sites is 1. The molecule has 0 spiro atoms. The van der Waals surface area contributed by atoms with E-state index < -0.39 is 0 Å². The van der Waals surface area contributed by atoms with Gasteiger partial charge in [-0.2, -0.15) is 0 Å². The summed E-state index contributed by atoms with van der Waals surface area (Å²) >= 11 is 1.45. The first-order chi connectivity index (χ1) is 20.1. The van der Waals surface area contributed by atoms with Crippen molar-refractivity contribution < 1.29 is 14.7 Å². The number of hydrogen-bond acceptors (Lipinski definition) is 5. The number of amides is 2. The van der Waals surface area contributed by atoms with E-state index in [1.54, 1.807) is 0 Å². The molecule has 4 aromatic carbocycles. The summed E-state index contributed by atoms with van der Waals surface area (Å²) in [7, 11) is 0. The molecule has 0 unspecified atom stereocenters. The fourth-order valence-corrected chi connectivity index (χ4v) is 5.28. The predicted octanol–water partition coefficient (Wildman–Crippen LogP) is 8.18. The van der Waals surface area contributed by atoms with Crippen LogP contribution in [0.1, 0.15) is 49.4 Å². The Bertz CT molecular complexity index is 1500. The molecule has 218 valence electrons. The molecular weight excluding hydrogens is 542 g/mol. The monoisotopic (exact) mass is 581 g/mol. The highest BCUT2D eigenvalue weighted by atomic mass is 32.2. The quantitative estimate of drug-likeness (QED) is 0.143. The van der Waals surface area contributed by atoms with E-state index in [0.29, 0.717) is 18.6 Å². The van der Waals surface area contributed by atoms with E-state index in [-0.39, 0.29) is 28.7 Å². The van der Waals surface area contributed by atoms with Crippen LogP contribution in [0, 0.1) is 6.92 Å². The van der Waals surface area contributed by atoms with Crippen molar-refractivity contribution in [1.82, 2.24) is 0 Å². The third kappa shape index (κ3) is 9.14. The number of phenolic OH excluding ortho intramolecular Hbond substituents is 1. The third-order valence-electron chi connectivity index (χ3n) is 6.75. The van der Waals surface area contributed by atoms with Crippen molar-refractivity contribution in [3.8, 4) is 5.75 Å². The maximum atomic E-state index is 12.8. The van der Waals surface area contributed by atoms with Gasteiger partial charge in [0.05, 0.1) is 5.75 Å². The summed E-state index contributed by atoms with van der Waals surface area (Å²) in [5, 5.41) is 20.3. The van der Waals surface area contributed by atoms with E-state index >= 15 is 0 Å². The van der Waals surface area contributed by atoms with Crippen LogP contribution in [0.3, 0.4) is 0 Å². The van der Waals surface area contributed by atoms with Crippen molar-refractivity contribution in [2.45, 2.75) is 51.7 Å². The van der Waals surface area contributed by atoms with E-state index in [4.69, 9.17) is 0 Å². The lowest BCUT2D eigenvalue weighted by atomic mass is 9.83. The molecule has 0 aliphatic carbocycles. The molecule has 0 aliphatic rings. The van der Waals surface area contributed by atoms with Crippen molar-refractivity contribution in [2.24, 2.45) is 0 Å². The van der Waals surface area contributed by atoms with Crippen LogP contribution in [-0.4, -0.2) is 22.7 Å². The Hall–Kier alpha value is -4.23. The zero-order valence-electron chi connectivity index (χ0n) is 24.7. The average molecular weight is 582 g/mol. The number of hydrogen-bond donors (Lipinski definition) is 4. The molecule has 4 N–H and O–H groups in total. The highest BCUT2D eigenvalue weighted by Crippen LogP contribution is 2.36. The van der Waals surface area contributed by atoms with Crippen LogP contribution in [0.25, 0.3) is 0 Å². The Balaban J connectivity index is 1.34. The van der Waals surface area contributed by atoms with Crippen molar-refractivity contribution in [3.05, 3.63) is 113 Å². The number of aryl methyl sites for hydroxylation is 2. The standard InChI is InChI=1S/C35H39N3O3S/c1-24-10-13-29(14-11-24)38-33(40)23-42-22-26-20-25(21-31(34(26)41)35(2,3)4)12-19-32(39)37-30-17-15-28(16-18-30)36-27-8-6-5-7-9-27/h5-11,13-18,20-21,36,41H,12,19,22-23H2,1-4H3,(H,37,39)(H,38,40). The minimum absolute atomic E-state index is 0.0761. The van der Waals surface area contributed by atoms with Crippen LogP contribution in [0.2, 0.25) is 0 Å². The van der Waals surface area contributed by atoms with Crippen molar-refractivity contribution >= 4 is 46.3 Å². The van der Waals surface area contributed by atoms with Crippen LogP contribution < -0.4 is 16.0 Å². The molecule has 0 radical (unpaired) electrons. The number of nitrogens with one attached hydrogen (secondary N) is 3. The molecule has 0 saturated carbocycles. The molecule has 4 rings (SSSR count). The Morgan fingerprint density at radius 2 is 1.33 bits per heavy atom. The van der Waals surface area contributed by atoms with Crippen LogP contribution >= 0.6 is 11.8 Å². The molecule has 2 amide bonds. The van der Waals surface area contributed by atoms with Gasteiger partial charge in [0, 0.05) is 40.5 Å². The zero-order chi connectivity index (χ0) is 30.1. The van der Waals surface area contributed by atoms with Gasteiger partial charge in [-0.1, -0.05) is 68.8 Å². The molecule has 0 fully saturated rings. The molecule has 0 heterocycles. The van der Waals surface area contributed by atoms with Crippen molar-refractivity contribution in [2.75, 3.05) is 21.7 Å². The molecule has 0 saturated heterocycles. The molecule has 0 bridgehead atoms. The molecule has 0 atom stereocenters. The van der Waals surface area contributed by atoms with Crippen LogP contribution in [0.5, 0.6) is 5.75 Å². The maximum absolute atomic E-state index is 12.8. The van der Waals surface area contributed by atoms with Gasteiger partial charge >= 0.3 is 0 Å². The number of thioether (sulfide) groups is 1. The number of carbonyl (C=O) groups excluding carboxylic acids is 2. The Kier molecular flexibility index (Phi) is 10.3.